The molecule has 3 aromatic heterocycles. The number of halogens is 2. The van der Waals surface area contributed by atoms with Gasteiger partial charge in [0.25, 0.3) is 0 Å². The van der Waals surface area contributed by atoms with Crippen molar-refractivity contribution in [2.75, 3.05) is 11.9 Å². The van der Waals surface area contributed by atoms with Gasteiger partial charge in [-0.2, -0.15) is 0 Å². The summed E-state index contributed by atoms with van der Waals surface area (Å²) < 4.78 is 27.4. The summed E-state index contributed by atoms with van der Waals surface area (Å²) in [5.74, 6) is -1.46. The first-order valence-corrected chi connectivity index (χ1v) is 6.92. The minimum atomic E-state index is -0.745. The van der Waals surface area contributed by atoms with Gasteiger partial charge >= 0.3 is 0 Å². The zero-order valence-electron chi connectivity index (χ0n) is 10.9. The Kier molecular flexibility index (Phi) is 3.65. The average molecular weight is 308 g/mol. The van der Waals surface area contributed by atoms with Crippen LogP contribution in [-0.2, 0) is 0 Å². The predicted molar refractivity (Wildman–Crippen MR) is 74.1 cm³/mol. The minimum absolute atomic E-state index is 0.0105. The minimum Gasteiger partial charge on any atom is -0.368 e. The standard InChI is InChI=1S/C12H10F2N6S/c1-2-15-9-6(13)3-7(14)11(20-9)21-12-8-10(17-4-16-8)18-5-19-12/h3-5H,2H2,1H3,(H,15,20)(H,16,17,18,19). The van der Waals surface area contributed by atoms with Gasteiger partial charge < -0.3 is 10.3 Å². The smallest absolute Gasteiger partial charge is 0.181 e. The van der Waals surface area contributed by atoms with Crippen LogP contribution in [0.25, 0.3) is 11.2 Å². The third kappa shape index (κ3) is 2.64. The van der Waals surface area contributed by atoms with Crippen molar-refractivity contribution in [3.8, 4) is 0 Å². The van der Waals surface area contributed by atoms with Crippen LogP contribution in [0.15, 0.2) is 28.8 Å². The van der Waals surface area contributed by atoms with Gasteiger partial charge in [0.15, 0.2) is 23.1 Å². The number of H-pyrrole nitrogens is 1. The number of imidazole rings is 1. The monoisotopic (exact) mass is 308 g/mol. The molecule has 0 radical (unpaired) electrons. The molecule has 0 amide bonds. The SMILES string of the molecule is CCNc1nc(Sc2ncnc3nc[nH]c23)c(F)cc1F. The Bertz CT molecular complexity index is 791. The van der Waals surface area contributed by atoms with E-state index in [1.165, 1.54) is 12.7 Å². The lowest BCUT2D eigenvalue weighted by Gasteiger charge is -2.07. The van der Waals surface area contributed by atoms with E-state index in [0.717, 1.165) is 17.8 Å². The number of aromatic nitrogens is 5. The highest BCUT2D eigenvalue weighted by Gasteiger charge is 2.15. The topological polar surface area (TPSA) is 79.4 Å². The van der Waals surface area contributed by atoms with E-state index < -0.39 is 11.6 Å². The Balaban J connectivity index is 2.01. The van der Waals surface area contributed by atoms with Gasteiger partial charge in [0.2, 0.25) is 0 Å². The van der Waals surface area contributed by atoms with Gasteiger partial charge in [-0.25, -0.2) is 28.7 Å². The summed E-state index contributed by atoms with van der Waals surface area (Å²) in [5.41, 5.74) is 1.06. The molecule has 9 heteroatoms. The van der Waals surface area contributed by atoms with Gasteiger partial charge in [-0.15, -0.1) is 0 Å². The molecule has 0 aliphatic heterocycles. The number of nitrogens with one attached hydrogen (secondary N) is 2. The summed E-state index contributed by atoms with van der Waals surface area (Å²) in [5, 5.41) is 3.24. The van der Waals surface area contributed by atoms with Crippen LogP contribution in [0.3, 0.4) is 0 Å². The molecule has 0 unspecified atom stereocenters. The first-order valence-electron chi connectivity index (χ1n) is 6.11. The number of aromatic amines is 1. The number of nitrogens with zero attached hydrogens (tertiary/aromatic N) is 4. The molecule has 3 rings (SSSR count). The van der Waals surface area contributed by atoms with Crippen molar-refractivity contribution in [2.24, 2.45) is 0 Å². The predicted octanol–water partition coefficient (Wildman–Crippen LogP) is 2.61. The largest absolute Gasteiger partial charge is 0.368 e. The summed E-state index contributed by atoms with van der Waals surface area (Å²) in [4.78, 5) is 18.9. The van der Waals surface area contributed by atoms with Crippen LogP contribution in [0, 0.1) is 11.6 Å². The van der Waals surface area contributed by atoms with E-state index in [-0.39, 0.29) is 10.8 Å². The second kappa shape index (κ2) is 5.60. The summed E-state index contributed by atoms with van der Waals surface area (Å²) in [6.07, 6.45) is 2.81. The molecule has 0 fully saturated rings. The van der Waals surface area contributed by atoms with Gasteiger partial charge in [0, 0.05) is 12.6 Å². The molecule has 21 heavy (non-hydrogen) atoms. The van der Waals surface area contributed by atoms with Crippen molar-refractivity contribution in [3.63, 3.8) is 0 Å². The van der Waals surface area contributed by atoms with Crippen molar-refractivity contribution >= 4 is 28.7 Å². The summed E-state index contributed by atoms with van der Waals surface area (Å²) in [6, 6.07) is 0.804. The molecular weight excluding hydrogens is 298 g/mol. The van der Waals surface area contributed by atoms with E-state index in [1.807, 2.05) is 0 Å². The van der Waals surface area contributed by atoms with Gasteiger partial charge in [-0.1, -0.05) is 0 Å². The van der Waals surface area contributed by atoms with E-state index in [9.17, 15) is 8.78 Å². The molecule has 0 atom stereocenters. The highest BCUT2D eigenvalue weighted by molar-refractivity contribution is 7.99. The molecule has 0 aromatic carbocycles. The van der Waals surface area contributed by atoms with Crippen LogP contribution in [0.2, 0.25) is 0 Å². The van der Waals surface area contributed by atoms with Crippen molar-refractivity contribution in [2.45, 2.75) is 17.0 Å². The first-order chi connectivity index (χ1) is 10.2. The Morgan fingerprint density at radius 1 is 1.19 bits per heavy atom. The fraction of sp³-hybridized carbons (Fsp3) is 0.167. The fourth-order valence-electron chi connectivity index (χ4n) is 1.72. The molecule has 0 aliphatic carbocycles. The molecule has 3 aromatic rings. The molecule has 0 aliphatic rings. The van der Waals surface area contributed by atoms with Crippen LogP contribution in [-0.4, -0.2) is 31.5 Å². The maximum Gasteiger partial charge on any atom is 0.181 e. The van der Waals surface area contributed by atoms with Gasteiger partial charge in [-0.05, 0) is 18.7 Å². The lowest BCUT2D eigenvalue weighted by molar-refractivity contribution is 0.551. The molecule has 0 spiro atoms. The molecule has 108 valence electrons. The van der Waals surface area contributed by atoms with E-state index in [2.05, 4.69) is 30.2 Å². The highest BCUT2D eigenvalue weighted by atomic mass is 32.2. The number of fused-ring (bicyclic) bond motifs is 1. The van der Waals surface area contributed by atoms with Crippen LogP contribution in [0.5, 0.6) is 0 Å². The molecule has 2 N–H and O–H groups in total. The number of hydrogen-bond acceptors (Lipinski definition) is 6. The Morgan fingerprint density at radius 3 is 2.86 bits per heavy atom. The van der Waals surface area contributed by atoms with Gasteiger partial charge in [0.1, 0.15) is 21.9 Å². The maximum atomic E-state index is 13.9. The van der Waals surface area contributed by atoms with Crippen LogP contribution in [0.4, 0.5) is 14.6 Å². The second-order valence-electron chi connectivity index (χ2n) is 4.02. The lowest BCUT2D eigenvalue weighted by Crippen LogP contribution is -2.04. The summed E-state index contributed by atoms with van der Waals surface area (Å²) >= 11 is 0.982. The van der Waals surface area contributed by atoms with Crippen molar-refractivity contribution in [1.29, 1.82) is 0 Å². The van der Waals surface area contributed by atoms with Crippen LogP contribution < -0.4 is 5.32 Å². The van der Waals surface area contributed by atoms with E-state index in [0.29, 0.717) is 22.7 Å². The van der Waals surface area contributed by atoms with E-state index in [4.69, 9.17) is 0 Å². The second-order valence-corrected chi connectivity index (χ2v) is 5.00. The first kappa shape index (κ1) is 13.7. The molecule has 0 bridgehead atoms. The molecule has 3 heterocycles. The molecule has 6 nitrogen and oxygen atoms in total. The molecular formula is C12H10F2N6S. The van der Waals surface area contributed by atoms with E-state index >= 15 is 0 Å². The third-order valence-corrected chi connectivity index (χ3v) is 3.61. The Morgan fingerprint density at radius 2 is 2.05 bits per heavy atom. The number of hydrogen-bond donors (Lipinski definition) is 2. The van der Waals surface area contributed by atoms with Gasteiger partial charge in [0.05, 0.1) is 6.33 Å². The number of rotatable bonds is 4. The van der Waals surface area contributed by atoms with Crippen molar-refractivity contribution in [3.05, 3.63) is 30.4 Å². The zero-order valence-corrected chi connectivity index (χ0v) is 11.7. The highest BCUT2D eigenvalue weighted by Crippen LogP contribution is 2.31. The van der Waals surface area contributed by atoms with Crippen LogP contribution in [0.1, 0.15) is 6.92 Å². The van der Waals surface area contributed by atoms with Gasteiger partial charge in [-0.3, -0.25) is 0 Å². The quantitative estimate of drug-likeness (QED) is 0.721. The molecule has 0 saturated heterocycles. The lowest BCUT2D eigenvalue weighted by atomic mass is 10.4. The van der Waals surface area contributed by atoms with Crippen molar-refractivity contribution in [1.82, 2.24) is 24.9 Å². The Labute approximate surface area is 122 Å². The summed E-state index contributed by atoms with van der Waals surface area (Å²) in [7, 11) is 0. The third-order valence-electron chi connectivity index (χ3n) is 2.62. The van der Waals surface area contributed by atoms with E-state index in [1.54, 1.807) is 6.92 Å². The average Bonchev–Trinajstić information content (AvgIpc) is 2.93. The van der Waals surface area contributed by atoms with Crippen LogP contribution >= 0.6 is 11.8 Å². The zero-order chi connectivity index (χ0) is 14.8. The molecule has 0 saturated carbocycles. The fourth-order valence-corrected chi connectivity index (χ4v) is 2.55. The summed E-state index contributed by atoms with van der Waals surface area (Å²) in [6.45, 7) is 2.29. The normalized spacial score (nSPS) is 11.0. The van der Waals surface area contributed by atoms with Crippen molar-refractivity contribution < 1.29 is 8.78 Å². The number of anilines is 1. The number of pyridine rings is 1. The Hall–Kier alpha value is -2.29. The maximum absolute atomic E-state index is 13.9.